The highest BCUT2D eigenvalue weighted by Crippen LogP contribution is 2.15. The molecule has 0 bridgehead atoms. The van der Waals surface area contributed by atoms with Crippen LogP contribution in [0, 0.1) is 6.92 Å². The number of rotatable bonds is 3. The van der Waals surface area contributed by atoms with Crippen molar-refractivity contribution in [1.82, 2.24) is 19.8 Å². The molecule has 1 aliphatic heterocycles. The molecule has 0 amide bonds. The largest absolute Gasteiger partial charge is 0.315 e. The van der Waals surface area contributed by atoms with Crippen LogP contribution < -0.4 is 10.0 Å². The van der Waals surface area contributed by atoms with Crippen LogP contribution in [0.15, 0.2) is 11.1 Å². The molecule has 1 aromatic rings. The van der Waals surface area contributed by atoms with Gasteiger partial charge in [-0.1, -0.05) is 6.42 Å². The molecule has 18 heavy (non-hydrogen) atoms. The van der Waals surface area contributed by atoms with E-state index in [9.17, 15) is 8.42 Å². The summed E-state index contributed by atoms with van der Waals surface area (Å²) in [5.74, 6) is 0. The Balaban J connectivity index is 2.14. The minimum Gasteiger partial charge on any atom is -0.315 e. The number of nitrogens with one attached hydrogen (secondary N) is 2. The van der Waals surface area contributed by atoms with Crippen LogP contribution in [0.4, 0.5) is 0 Å². The third-order valence-electron chi connectivity index (χ3n) is 3.35. The predicted octanol–water partition coefficient (Wildman–Crippen LogP) is 0.149. The molecule has 2 N–H and O–H groups in total. The van der Waals surface area contributed by atoms with E-state index in [4.69, 9.17) is 0 Å². The Morgan fingerprint density at radius 3 is 2.94 bits per heavy atom. The summed E-state index contributed by atoms with van der Waals surface area (Å²) in [7, 11) is -1.72. The second-order valence-electron chi connectivity index (χ2n) is 4.74. The highest BCUT2D eigenvalue weighted by atomic mass is 32.2. The fraction of sp³-hybridized carbons (Fsp3) is 0.727. The smallest absolute Gasteiger partial charge is 0.244 e. The number of hydrogen-bond acceptors (Lipinski definition) is 4. The molecule has 0 aliphatic carbocycles. The molecule has 0 radical (unpaired) electrons. The minimum atomic E-state index is -3.46. The van der Waals surface area contributed by atoms with E-state index in [0.717, 1.165) is 25.8 Å². The fourth-order valence-electron chi connectivity index (χ4n) is 2.14. The monoisotopic (exact) mass is 272 g/mol. The van der Waals surface area contributed by atoms with E-state index in [1.165, 1.54) is 6.20 Å². The van der Waals surface area contributed by atoms with E-state index in [1.54, 1.807) is 18.7 Å². The van der Waals surface area contributed by atoms with E-state index in [-0.39, 0.29) is 10.9 Å². The highest BCUT2D eigenvalue weighted by Gasteiger charge is 2.24. The Bertz CT molecular complexity index is 501. The molecular weight excluding hydrogens is 252 g/mol. The zero-order chi connectivity index (χ0) is 13.2. The van der Waals surface area contributed by atoms with Crippen molar-refractivity contribution in [2.24, 2.45) is 7.05 Å². The Hall–Kier alpha value is -0.920. The summed E-state index contributed by atoms with van der Waals surface area (Å²) < 4.78 is 28.8. The van der Waals surface area contributed by atoms with Crippen LogP contribution >= 0.6 is 0 Å². The van der Waals surface area contributed by atoms with Gasteiger partial charge < -0.3 is 5.32 Å². The molecule has 1 unspecified atom stereocenters. The van der Waals surface area contributed by atoms with Gasteiger partial charge in [0.15, 0.2) is 0 Å². The number of hydrogen-bond donors (Lipinski definition) is 2. The van der Waals surface area contributed by atoms with Crippen LogP contribution in [0.25, 0.3) is 0 Å². The van der Waals surface area contributed by atoms with Gasteiger partial charge in [0.2, 0.25) is 10.0 Å². The quantitative estimate of drug-likeness (QED) is 0.821. The average molecular weight is 272 g/mol. The zero-order valence-electron chi connectivity index (χ0n) is 10.8. The van der Waals surface area contributed by atoms with Gasteiger partial charge in [-0.3, -0.25) is 4.68 Å². The van der Waals surface area contributed by atoms with Gasteiger partial charge in [-0.25, -0.2) is 13.1 Å². The Morgan fingerprint density at radius 1 is 1.50 bits per heavy atom. The highest BCUT2D eigenvalue weighted by molar-refractivity contribution is 7.89. The molecule has 1 atom stereocenters. The Kier molecular flexibility index (Phi) is 4.04. The maximum absolute atomic E-state index is 12.3. The molecule has 1 aliphatic rings. The van der Waals surface area contributed by atoms with Gasteiger partial charge in [0, 0.05) is 19.6 Å². The third-order valence-corrected chi connectivity index (χ3v) is 4.97. The lowest BCUT2D eigenvalue weighted by molar-refractivity contribution is 0.520. The maximum atomic E-state index is 12.3. The van der Waals surface area contributed by atoms with Gasteiger partial charge in [-0.05, 0) is 26.3 Å². The van der Waals surface area contributed by atoms with E-state index in [2.05, 4.69) is 15.1 Å². The van der Waals surface area contributed by atoms with E-state index in [1.807, 2.05) is 0 Å². The summed E-state index contributed by atoms with van der Waals surface area (Å²) in [6, 6.07) is -0.0305. The molecule has 102 valence electrons. The molecular formula is C11H20N4O2S. The number of sulfonamides is 1. The molecule has 7 heteroatoms. The molecule has 0 saturated carbocycles. The van der Waals surface area contributed by atoms with Gasteiger partial charge in [-0.2, -0.15) is 5.10 Å². The molecule has 6 nitrogen and oxygen atoms in total. The van der Waals surface area contributed by atoms with Crippen LogP contribution in [-0.4, -0.2) is 37.3 Å². The van der Waals surface area contributed by atoms with Crippen molar-refractivity contribution in [2.75, 3.05) is 13.1 Å². The van der Waals surface area contributed by atoms with Crippen molar-refractivity contribution in [1.29, 1.82) is 0 Å². The first-order valence-electron chi connectivity index (χ1n) is 6.22. The van der Waals surface area contributed by atoms with Crippen LogP contribution in [0.5, 0.6) is 0 Å². The summed E-state index contributed by atoms with van der Waals surface area (Å²) in [5.41, 5.74) is 0.657. The number of nitrogens with zero attached hydrogens (tertiary/aromatic N) is 2. The summed E-state index contributed by atoms with van der Waals surface area (Å²) >= 11 is 0. The second kappa shape index (κ2) is 5.38. The number of aromatic nitrogens is 2. The summed E-state index contributed by atoms with van der Waals surface area (Å²) in [6.07, 6.45) is 4.43. The Morgan fingerprint density at radius 2 is 2.28 bits per heavy atom. The van der Waals surface area contributed by atoms with Crippen LogP contribution in [-0.2, 0) is 17.1 Å². The van der Waals surface area contributed by atoms with Gasteiger partial charge in [0.1, 0.15) is 4.90 Å². The van der Waals surface area contributed by atoms with Crippen molar-refractivity contribution in [3.8, 4) is 0 Å². The van der Waals surface area contributed by atoms with E-state index >= 15 is 0 Å². The molecule has 0 aromatic carbocycles. The SMILES string of the molecule is Cc1c(S(=O)(=O)NC2CCCCNC2)cnn1C. The zero-order valence-corrected chi connectivity index (χ0v) is 11.6. The minimum absolute atomic E-state index is 0.0305. The molecule has 1 saturated heterocycles. The van der Waals surface area contributed by atoms with E-state index < -0.39 is 10.0 Å². The molecule has 0 spiro atoms. The topological polar surface area (TPSA) is 76.0 Å². The lowest BCUT2D eigenvalue weighted by Crippen LogP contribution is -2.40. The first-order valence-corrected chi connectivity index (χ1v) is 7.70. The molecule has 2 rings (SSSR count). The van der Waals surface area contributed by atoms with Crippen LogP contribution in [0.3, 0.4) is 0 Å². The molecule has 1 aromatic heterocycles. The Labute approximate surface area is 108 Å². The van der Waals surface area contributed by atoms with Crippen LogP contribution in [0.1, 0.15) is 25.0 Å². The first-order chi connectivity index (χ1) is 8.50. The summed E-state index contributed by atoms with van der Waals surface area (Å²) in [4.78, 5) is 0.272. The normalized spacial score (nSPS) is 21.8. The maximum Gasteiger partial charge on any atom is 0.244 e. The first kappa shape index (κ1) is 13.5. The second-order valence-corrected chi connectivity index (χ2v) is 6.42. The van der Waals surface area contributed by atoms with Gasteiger partial charge in [-0.15, -0.1) is 0 Å². The van der Waals surface area contributed by atoms with Crippen molar-refractivity contribution in [3.05, 3.63) is 11.9 Å². The van der Waals surface area contributed by atoms with Crippen molar-refractivity contribution in [2.45, 2.75) is 37.1 Å². The predicted molar refractivity (Wildman–Crippen MR) is 68.8 cm³/mol. The standard InChI is InChI=1S/C11H20N4O2S/c1-9-11(8-13-15(9)2)18(16,17)14-10-5-3-4-6-12-7-10/h8,10,12,14H,3-7H2,1-2H3. The van der Waals surface area contributed by atoms with Gasteiger partial charge in [0.25, 0.3) is 0 Å². The summed E-state index contributed by atoms with van der Waals surface area (Å²) in [5, 5.41) is 7.22. The molecule has 1 fully saturated rings. The van der Waals surface area contributed by atoms with E-state index in [0.29, 0.717) is 12.2 Å². The van der Waals surface area contributed by atoms with Crippen molar-refractivity contribution >= 4 is 10.0 Å². The van der Waals surface area contributed by atoms with Crippen LogP contribution in [0.2, 0.25) is 0 Å². The third kappa shape index (κ3) is 2.90. The summed E-state index contributed by atoms with van der Waals surface area (Å²) in [6.45, 7) is 3.41. The lowest BCUT2D eigenvalue weighted by atomic mass is 10.2. The average Bonchev–Trinajstić information content (AvgIpc) is 2.54. The lowest BCUT2D eigenvalue weighted by Gasteiger charge is -2.16. The van der Waals surface area contributed by atoms with Gasteiger partial charge in [0.05, 0.1) is 11.9 Å². The number of aryl methyl sites for hydroxylation is 1. The van der Waals surface area contributed by atoms with Gasteiger partial charge >= 0.3 is 0 Å². The molecule has 2 heterocycles. The van der Waals surface area contributed by atoms with Crippen molar-refractivity contribution in [3.63, 3.8) is 0 Å². The fourth-order valence-corrected chi connectivity index (χ4v) is 3.62. The van der Waals surface area contributed by atoms with Crippen molar-refractivity contribution < 1.29 is 8.42 Å².